The Morgan fingerprint density at radius 1 is 1.57 bits per heavy atom. The van der Waals surface area contributed by atoms with E-state index in [9.17, 15) is 9.90 Å². The zero-order valence-corrected chi connectivity index (χ0v) is 9.42. The number of hydrogen-bond acceptors (Lipinski definition) is 2. The number of carbonyl (C=O) groups is 1. The topological polar surface area (TPSA) is 57.5 Å². The smallest absolute Gasteiger partial charge is 0.306 e. The van der Waals surface area contributed by atoms with Crippen molar-refractivity contribution in [3.8, 4) is 0 Å². The molecule has 1 rings (SSSR count). The van der Waals surface area contributed by atoms with Gasteiger partial charge in [-0.3, -0.25) is 4.79 Å². The molecule has 0 saturated heterocycles. The summed E-state index contributed by atoms with van der Waals surface area (Å²) in [5, 5.41) is 18.3. The molecule has 2 N–H and O–H groups in total. The third-order valence-corrected chi connectivity index (χ3v) is 2.51. The van der Waals surface area contributed by atoms with Crippen LogP contribution in [0.1, 0.15) is 18.1 Å². The second-order valence-corrected chi connectivity index (χ2v) is 4.10. The van der Waals surface area contributed by atoms with Gasteiger partial charge < -0.3 is 10.2 Å². The van der Waals surface area contributed by atoms with E-state index in [1.165, 1.54) is 0 Å². The Balaban J connectivity index is 2.90. The lowest BCUT2D eigenvalue weighted by atomic mass is 10.1. The Labute approximate surface area is 94.4 Å². The van der Waals surface area contributed by atoms with Crippen LogP contribution in [0.25, 0.3) is 0 Å². The molecule has 1 aromatic rings. The fourth-order valence-corrected chi connectivity index (χ4v) is 1.85. The first kappa shape index (κ1) is 11.5. The molecule has 0 radical (unpaired) electrons. The summed E-state index contributed by atoms with van der Waals surface area (Å²) in [5.41, 5.74) is 0.428. The highest BCUT2D eigenvalue weighted by Crippen LogP contribution is 2.27. The molecule has 14 heavy (non-hydrogen) atoms. The van der Waals surface area contributed by atoms with E-state index in [-0.39, 0.29) is 6.42 Å². The molecule has 0 fully saturated rings. The maximum Gasteiger partial charge on any atom is 0.306 e. The van der Waals surface area contributed by atoms with Gasteiger partial charge in [0.15, 0.2) is 0 Å². The summed E-state index contributed by atoms with van der Waals surface area (Å²) in [6, 6.07) is 4.91. The fraction of sp³-hybridized carbons (Fsp3) is 0.222. The molecule has 0 aliphatic rings. The van der Waals surface area contributed by atoms with E-state index in [0.29, 0.717) is 10.6 Å². The van der Waals surface area contributed by atoms with Gasteiger partial charge in [0, 0.05) is 9.50 Å². The van der Waals surface area contributed by atoms with Crippen molar-refractivity contribution in [2.24, 2.45) is 0 Å². The molecule has 0 heterocycles. The van der Waals surface area contributed by atoms with Crippen LogP contribution in [0.15, 0.2) is 22.7 Å². The summed E-state index contributed by atoms with van der Waals surface area (Å²) in [6.45, 7) is 0. The lowest BCUT2D eigenvalue weighted by Crippen LogP contribution is -2.05. The van der Waals surface area contributed by atoms with Crippen molar-refractivity contribution < 1.29 is 15.0 Å². The van der Waals surface area contributed by atoms with E-state index in [1.54, 1.807) is 18.2 Å². The number of carboxylic acids is 1. The first-order chi connectivity index (χ1) is 6.50. The molecule has 1 unspecified atom stereocenters. The molecule has 1 atom stereocenters. The average molecular weight is 280 g/mol. The van der Waals surface area contributed by atoms with E-state index in [0.717, 1.165) is 4.47 Å². The number of aliphatic hydroxyl groups excluding tert-OH is 1. The fourth-order valence-electron chi connectivity index (χ4n) is 1.05. The minimum Gasteiger partial charge on any atom is -0.481 e. The minimum atomic E-state index is -1.06. The first-order valence-corrected chi connectivity index (χ1v) is 5.02. The number of aliphatic carboxylic acids is 1. The van der Waals surface area contributed by atoms with Gasteiger partial charge in [0.1, 0.15) is 0 Å². The van der Waals surface area contributed by atoms with Crippen LogP contribution >= 0.6 is 27.5 Å². The molecular weight excluding hydrogens is 271 g/mol. The molecule has 0 spiro atoms. The highest BCUT2D eigenvalue weighted by Gasteiger charge is 2.14. The standard InChI is InChI=1S/C9H8BrClO3/c10-5-1-2-6(7(11)3-5)8(12)4-9(13)14/h1-3,8,12H,4H2,(H,13,14). The van der Waals surface area contributed by atoms with Gasteiger partial charge in [-0.15, -0.1) is 0 Å². The van der Waals surface area contributed by atoms with Crippen LogP contribution in [0.5, 0.6) is 0 Å². The normalized spacial score (nSPS) is 12.5. The zero-order chi connectivity index (χ0) is 10.7. The number of benzene rings is 1. The van der Waals surface area contributed by atoms with Gasteiger partial charge in [-0.2, -0.15) is 0 Å². The molecule has 0 bridgehead atoms. The Morgan fingerprint density at radius 3 is 2.71 bits per heavy atom. The van der Waals surface area contributed by atoms with Gasteiger partial charge in [-0.25, -0.2) is 0 Å². The van der Waals surface area contributed by atoms with Crippen LogP contribution in [0.2, 0.25) is 5.02 Å². The molecule has 5 heteroatoms. The van der Waals surface area contributed by atoms with Crippen LogP contribution in [0, 0.1) is 0 Å². The third kappa shape index (κ3) is 2.97. The van der Waals surface area contributed by atoms with Crippen molar-refractivity contribution in [3.05, 3.63) is 33.3 Å². The van der Waals surface area contributed by atoms with Gasteiger partial charge in [0.25, 0.3) is 0 Å². The Bertz CT molecular complexity index is 354. The van der Waals surface area contributed by atoms with E-state index in [2.05, 4.69) is 15.9 Å². The number of hydrogen-bond donors (Lipinski definition) is 2. The van der Waals surface area contributed by atoms with Gasteiger partial charge in [0.05, 0.1) is 12.5 Å². The quantitative estimate of drug-likeness (QED) is 0.894. The lowest BCUT2D eigenvalue weighted by molar-refractivity contribution is -0.139. The Kier molecular flexibility index (Phi) is 3.92. The monoisotopic (exact) mass is 278 g/mol. The molecule has 76 valence electrons. The van der Waals surface area contributed by atoms with Crippen molar-refractivity contribution >= 4 is 33.5 Å². The van der Waals surface area contributed by atoms with Crippen LogP contribution in [-0.2, 0) is 4.79 Å². The molecular formula is C9H8BrClO3. The van der Waals surface area contributed by atoms with Gasteiger partial charge in [-0.05, 0) is 17.7 Å². The largest absolute Gasteiger partial charge is 0.481 e. The van der Waals surface area contributed by atoms with Crippen molar-refractivity contribution in [1.29, 1.82) is 0 Å². The first-order valence-electron chi connectivity index (χ1n) is 3.85. The number of rotatable bonds is 3. The van der Waals surface area contributed by atoms with E-state index in [4.69, 9.17) is 16.7 Å². The summed E-state index contributed by atoms with van der Waals surface area (Å²) in [5.74, 6) is -1.06. The van der Waals surface area contributed by atoms with Crippen molar-refractivity contribution in [1.82, 2.24) is 0 Å². The molecule has 0 saturated carbocycles. The number of carboxylic acid groups (broad SMARTS) is 1. The van der Waals surface area contributed by atoms with E-state index in [1.807, 2.05) is 0 Å². The molecule has 0 aromatic heterocycles. The van der Waals surface area contributed by atoms with Crippen LogP contribution < -0.4 is 0 Å². The van der Waals surface area contributed by atoms with Crippen LogP contribution in [-0.4, -0.2) is 16.2 Å². The Morgan fingerprint density at radius 2 is 2.21 bits per heavy atom. The van der Waals surface area contributed by atoms with Crippen molar-refractivity contribution in [2.45, 2.75) is 12.5 Å². The van der Waals surface area contributed by atoms with Crippen LogP contribution in [0.4, 0.5) is 0 Å². The minimum absolute atomic E-state index is 0.346. The second kappa shape index (κ2) is 4.77. The van der Waals surface area contributed by atoms with Gasteiger partial charge in [0.2, 0.25) is 0 Å². The van der Waals surface area contributed by atoms with Gasteiger partial charge >= 0.3 is 5.97 Å². The summed E-state index contributed by atoms with van der Waals surface area (Å²) >= 11 is 9.04. The highest BCUT2D eigenvalue weighted by molar-refractivity contribution is 9.10. The number of halogens is 2. The van der Waals surface area contributed by atoms with E-state index < -0.39 is 12.1 Å². The number of aliphatic hydroxyl groups is 1. The summed E-state index contributed by atoms with van der Waals surface area (Å²) in [4.78, 5) is 10.3. The second-order valence-electron chi connectivity index (χ2n) is 2.78. The molecule has 1 aromatic carbocycles. The highest BCUT2D eigenvalue weighted by atomic mass is 79.9. The van der Waals surface area contributed by atoms with Crippen molar-refractivity contribution in [2.75, 3.05) is 0 Å². The molecule has 0 aliphatic carbocycles. The SMILES string of the molecule is O=C(O)CC(O)c1ccc(Br)cc1Cl. The summed E-state index contributed by atoms with van der Waals surface area (Å²) in [6.07, 6.45) is -1.41. The summed E-state index contributed by atoms with van der Waals surface area (Å²) in [7, 11) is 0. The maximum atomic E-state index is 10.3. The maximum absolute atomic E-state index is 10.3. The zero-order valence-electron chi connectivity index (χ0n) is 7.08. The predicted molar refractivity (Wildman–Crippen MR) is 56.4 cm³/mol. The summed E-state index contributed by atoms with van der Waals surface area (Å²) < 4.78 is 0.786. The average Bonchev–Trinajstić information content (AvgIpc) is 2.01. The van der Waals surface area contributed by atoms with Crippen molar-refractivity contribution in [3.63, 3.8) is 0 Å². The lowest BCUT2D eigenvalue weighted by Gasteiger charge is -2.10. The molecule has 0 aliphatic heterocycles. The molecule has 0 amide bonds. The van der Waals surface area contributed by atoms with Gasteiger partial charge in [-0.1, -0.05) is 33.6 Å². The van der Waals surface area contributed by atoms with Crippen LogP contribution in [0.3, 0.4) is 0 Å². The Hall–Kier alpha value is -0.580. The third-order valence-electron chi connectivity index (χ3n) is 1.69. The van der Waals surface area contributed by atoms with E-state index >= 15 is 0 Å². The predicted octanol–water partition coefficient (Wildman–Crippen LogP) is 2.61. The molecule has 3 nitrogen and oxygen atoms in total.